The molecule has 1 amide bonds. The van der Waals surface area contributed by atoms with Crippen molar-refractivity contribution in [2.45, 2.75) is 12.5 Å². The van der Waals surface area contributed by atoms with Crippen molar-refractivity contribution in [1.82, 2.24) is 5.32 Å². The highest BCUT2D eigenvalue weighted by molar-refractivity contribution is 7.91. The molecule has 8 heteroatoms. The summed E-state index contributed by atoms with van der Waals surface area (Å²) >= 11 is 5.26. The summed E-state index contributed by atoms with van der Waals surface area (Å²) in [6.07, 6.45) is 0.465. The number of para-hydroxylation sites is 1. The fraction of sp³-hybridized carbons (Fsp3) is 0.222. The Bertz CT molecular complexity index is 897. The average molecular weight is 390 g/mol. The predicted molar refractivity (Wildman–Crippen MR) is 107 cm³/mol. The molecule has 3 rings (SSSR count). The van der Waals surface area contributed by atoms with Gasteiger partial charge in [-0.25, -0.2) is 8.42 Å². The van der Waals surface area contributed by atoms with Crippen LogP contribution < -0.4 is 16.0 Å². The molecule has 1 atom stereocenters. The molecule has 26 heavy (non-hydrogen) atoms. The highest BCUT2D eigenvalue weighted by Gasteiger charge is 2.29. The molecule has 0 saturated carbocycles. The van der Waals surface area contributed by atoms with E-state index in [-0.39, 0.29) is 23.5 Å². The van der Waals surface area contributed by atoms with Gasteiger partial charge in [-0.1, -0.05) is 18.2 Å². The molecule has 1 saturated heterocycles. The molecule has 0 aliphatic carbocycles. The lowest BCUT2D eigenvalue weighted by atomic mass is 10.1. The van der Waals surface area contributed by atoms with Gasteiger partial charge in [0.1, 0.15) is 0 Å². The molecule has 6 nitrogen and oxygen atoms in total. The summed E-state index contributed by atoms with van der Waals surface area (Å²) in [5, 5.41) is 9.33. The molecule has 3 N–H and O–H groups in total. The van der Waals surface area contributed by atoms with Crippen molar-refractivity contribution in [3.63, 3.8) is 0 Å². The Morgan fingerprint density at radius 3 is 2.15 bits per heavy atom. The average Bonchev–Trinajstić information content (AvgIpc) is 2.94. The van der Waals surface area contributed by atoms with Crippen molar-refractivity contribution in [1.29, 1.82) is 0 Å². The number of benzene rings is 2. The van der Waals surface area contributed by atoms with E-state index < -0.39 is 9.84 Å². The summed E-state index contributed by atoms with van der Waals surface area (Å²) in [5.41, 5.74) is 2.10. The van der Waals surface area contributed by atoms with Crippen molar-refractivity contribution in [3.8, 4) is 0 Å². The summed E-state index contributed by atoms with van der Waals surface area (Å²) in [5.74, 6) is -0.131. The molecule has 0 bridgehead atoms. The third-order valence-electron chi connectivity index (χ3n) is 4.00. The van der Waals surface area contributed by atoms with Gasteiger partial charge in [0.15, 0.2) is 14.9 Å². The summed E-state index contributed by atoms with van der Waals surface area (Å²) in [6, 6.07) is 16.1. The predicted octanol–water partition coefficient (Wildman–Crippen LogP) is 2.41. The Balaban J connectivity index is 1.54. The molecule has 136 valence electrons. The van der Waals surface area contributed by atoms with Crippen LogP contribution in [0.25, 0.3) is 0 Å². The number of sulfone groups is 1. The number of amides is 1. The second-order valence-electron chi connectivity index (χ2n) is 6.10. The number of hydrogen-bond acceptors (Lipinski definition) is 4. The Kier molecular flexibility index (Phi) is 5.53. The van der Waals surface area contributed by atoms with Crippen LogP contribution in [0.4, 0.5) is 11.4 Å². The third kappa shape index (κ3) is 5.03. The van der Waals surface area contributed by atoms with Gasteiger partial charge in [-0.05, 0) is 55.0 Å². The quantitative estimate of drug-likeness (QED) is 0.696. The van der Waals surface area contributed by atoms with Gasteiger partial charge in [0.2, 0.25) is 0 Å². The van der Waals surface area contributed by atoms with E-state index >= 15 is 0 Å². The van der Waals surface area contributed by atoms with Crippen molar-refractivity contribution in [2.75, 3.05) is 22.1 Å². The Hall–Kier alpha value is -2.45. The standard InChI is InChI=1S/C18H19N3O3S2/c22-17(19-16-10-11-26(23,24)12-16)13-6-8-15(9-7-13)21-18(25)20-14-4-2-1-3-5-14/h1-9,16H,10-12H2,(H,19,22)(H2,20,21,25)/t16-/m0/s1. The number of thiocarbonyl (C=S) groups is 1. The van der Waals surface area contributed by atoms with Crippen molar-refractivity contribution in [2.24, 2.45) is 0 Å². The van der Waals surface area contributed by atoms with E-state index in [1.165, 1.54) is 0 Å². The fourth-order valence-electron chi connectivity index (χ4n) is 2.70. The zero-order chi connectivity index (χ0) is 18.6. The maximum absolute atomic E-state index is 12.2. The van der Waals surface area contributed by atoms with E-state index in [1.54, 1.807) is 24.3 Å². The first-order valence-corrected chi connectivity index (χ1v) is 10.4. The van der Waals surface area contributed by atoms with E-state index in [1.807, 2.05) is 30.3 Å². The minimum absolute atomic E-state index is 0.0117. The first kappa shape index (κ1) is 18.3. The SMILES string of the molecule is O=C(N[C@H]1CCS(=O)(=O)C1)c1ccc(NC(=S)Nc2ccccc2)cc1. The second-order valence-corrected chi connectivity index (χ2v) is 8.73. The Morgan fingerprint density at radius 2 is 1.58 bits per heavy atom. The number of carbonyl (C=O) groups is 1. The number of hydrogen-bond donors (Lipinski definition) is 3. The van der Waals surface area contributed by atoms with Gasteiger partial charge in [-0.3, -0.25) is 4.79 Å². The summed E-state index contributed by atoms with van der Waals surface area (Å²) in [7, 11) is -3.02. The molecular weight excluding hydrogens is 370 g/mol. The minimum atomic E-state index is -3.02. The van der Waals surface area contributed by atoms with Gasteiger partial charge in [0.25, 0.3) is 5.91 Å². The number of nitrogens with one attached hydrogen (secondary N) is 3. The molecule has 0 aromatic heterocycles. The molecule has 0 unspecified atom stereocenters. The van der Waals surface area contributed by atoms with Crippen LogP contribution in [-0.4, -0.2) is 37.0 Å². The molecule has 1 aliphatic heterocycles. The van der Waals surface area contributed by atoms with E-state index in [4.69, 9.17) is 12.2 Å². The van der Waals surface area contributed by atoms with E-state index in [9.17, 15) is 13.2 Å². The zero-order valence-corrected chi connectivity index (χ0v) is 15.6. The lowest BCUT2D eigenvalue weighted by Gasteiger charge is -2.12. The Labute approximate surface area is 157 Å². The molecule has 2 aromatic rings. The topological polar surface area (TPSA) is 87.3 Å². The molecule has 1 fully saturated rings. The highest BCUT2D eigenvalue weighted by atomic mass is 32.2. The first-order chi connectivity index (χ1) is 12.4. The Morgan fingerprint density at radius 1 is 0.962 bits per heavy atom. The summed E-state index contributed by atoms with van der Waals surface area (Å²) in [6.45, 7) is 0. The zero-order valence-electron chi connectivity index (χ0n) is 13.9. The van der Waals surface area contributed by atoms with Gasteiger partial charge in [0.05, 0.1) is 11.5 Å². The minimum Gasteiger partial charge on any atom is -0.348 e. The van der Waals surface area contributed by atoms with Gasteiger partial charge in [-0.2, -0.15) is 0 Å². The lowest BCUT2D eigenvalue weighted by molar-refractivity contribution is 0.0941. The van der Waals surface area contributed by atoms with Crippen molar-refractivity contribution < 1.29 is 13.2 Å². The smallest absolute Gasteiger partial charge is 0.251 e. The maximum atomic E-state index is 12.2. The second kappa shape index (κ2) is 7.84. The number of rotatable bonds is 4. The lowest BCUT2D eigenvalue weighted by Crippen LogP contribution is -2.35. The van der Waals surface area contributed by atoms with Crippen LogP contribution in [0.1, 0.15) is 16.8 Å². The molecule has 2 aromatic carbocycles. The number of anilines is 2. The van der Waals surface area contributed by atoms with Crippen LogP contribution in [-0.2, 0) is 9.84 Å². The normalized spacial score (nSPS) is 18.1. The van der Waals surface area contributed by atoms with E-state index in [0.717, 1.165) is 11.4 Å². The van der Waals surface area contributed by atoms with Crippen LogP contribution in [0, 0.1) is 0 Å². The van der Waals surface area contributed by atoms with E-state index in [0.29, 0.717) is 17.1 Å². The van der Waals surface area contributed by atoms with Crippen molar-refractivity contribution in [3.05, 3.63) is 60.2 Å². The van der Waals surface area contributed by atoms with Gasteiger partial charge in [0, 0.05) is 23.0 Å². The molecular formula is C18H19N3O3S2. The summed E-state index contributed by atoms with van der Waals surface area (Å²) in [4.78, 5) is 12.2. The van der Waals surface area contributed by atoms with Crippen molar-refractivity contribution >= 4 is 44.4 Å². The summed E-state index contributed by atoms with van der Waals surface area (Å²) < 4.78 is 22.9. The molecule has 0 spiro atoms. The monoisotopic (exact) mass is 389 g/mol. The first-order valence-electron chi connectivity index (χ1n) is 8.16. The molecule has 0 radical (unpaired) electrons. The largest absolute Gasteiger partial charge is 0.348 e. The fourth-order valence-corrected chi connectivity index (χ4v) is 4.61. The van der Waals surface area contributed by atoms with Gasteiger partial charge < -0.3 is 16.0 Å². The van der Waals surface area contributed by atoms with Gasteiger partial charge >= 0.3 is 0 Å². The highest BCUT2D eigenvalue weighted by Crippen LogP contribution is 2.14. The molecule has 1 heterocycles. The number of carbonyl (C=O) groups excluding carboxylic acids is 1. The third-order valence-corrected chi connectivity index (χ3v) is 5.98. The van der Waals surface area contributed by atoms with Crippen LogP contribution in [0.2, 0.25) is 0 Å². The van der Waals surface area contributed by atoms with Gasteiger partial charge in [-0.15, -0.1) is 0 Å². The van der Waals surface area contributed by atoms with Crippen LogP contribution in [0.3, 0.4) is 0 Å². The molecule has 1 aliphatic rings. The van der Waals surface area contributed by atoms with Crippen LogP contribution in [0.5, 0.6) is 0 Å². The van der Waals surface area contributed by atoms with E-state index in [2.05, 4.69) is 16.0 Å². The van der Waals surface area contributed by atoms with Crippen LogP contribution in [0.15, 0.2) is 54.6 Å². The van der Waals surface area contributed by atoms with Crippen LogP contribution >= 0.6 is 12.2 Å². The maximum Gasteiger partial charge on any atom is 0.251 e.